The maximum atomic E-state index is 12.1. The Bertz CT molecular complexity index is 538. The third-order valence-electron chi connectivity index (χ3n) is 2.75. The molecule has 0 saturated heterocycles. The van der Waals surface area contributed by atoms with Crippen molar-refractivity contribution >= 4 is 11.7 Å². The van der Waals surface area contributed by atoms with E-state index >= 15 is 0 Å². The zero-order valence-electron chi connectivity index (χ0n) is 14.1. The summed E-state index contributed by atoms with van der Waals surface area (Å²) in [5, 5.41) is 14.6. The van der Waals surface area contributed by atoms with Crippen molar-refractivity contribution in [3.63, 3.8) is 0 Å². The molecule has 0 aliphatic carbocycles. The van der Waals surface area contributed by atoms with Gasteiger partial charge in [0, 0.05) is 24.9 Å². The fraction of sp³-hybridized carbons (Fsp3) is 0.562. The predicted octanol–water partition coefficient (Wildman–Crippen LogP) is 2.78. The van der Waals surface area contributed by atoms with Crippen molar-refractivity contribution in [1.29, 1.82) is 0 Å². The number of aliphatic hydroxyl groups is 1. The molecule has 0 fully saturated rings. The number of benzene rings is 1. The molecule has 1 atom stereocenters. The Morgan fingerprint density at radius 3 is 2.64 bits per heavy atom. The molecule has 2 amide bonds. The number of rotatable bonds is 9. The van der Waals surface area contributed by atoms with Gasteiger partial charge in [-0.15, -0.1) is 0 Å². The van der Waals surface area contributed by atoms with Crippen molar-refractivity contribution in [3.05, 3.63) is 24.3 Å². The summed E-state index contributed by atoms with van der Waals surface area (Å²) in [6.07, 6.45) is -5.29. The SMILES string of the molecule is CC(C)COCC(O)CNC(=O)Nc1cccc(OCC(F)(F)F)c1. The number of hydrogen-bond donors (Lipinski definition) is 3. The summed E-state index contributed by atoms with van der Waals surface area (Å²) < 4.78 is 46.2. The molecule has 1 aromatic rings. The molecule has 0 aromatic heterocycles. The number of hydrogen-bond acceptors (Lipinski definition) is 4. The van der Waals surface area contributed by atoms with Gasteiger partial charge < -0.3 is 25.2 Å². The van der Waals surface area contributed by atoms with Crippen LogP contribution in [0.3, 0.4) is 0 Å². The lowest BCUT2D eigenvalue weighted by atomic mass is 10.2. The second-order valence-electron chi connectivity index (χ2n) is 5.85. The lowest BCUT2D eigenvalue weighted by Crippen LogP contribution is -2.37. The number of halogens is 3. The van der Waals surface area contributed by atoms with Gasteiger partial charge in [0.2, 0.25) is 0 Å². The normalized spacial score (nSPS) is 12.8. The number of nitrogens with one attached hydrogen (secondary N) is 2. The summed E-state index contributed by atoms with van der Waals surface area (Å²) >= 11 is 0. The lowest BCUT2D eigenvalue weighted by Gasteiger charge is -2.14. The van der Waals surface area contributed by atoms with Crippen LogP contribution in [0, 0.1) is 5.92 Å². The predicted molar refractivity (Wildman–Crippen MR) is 86.7 cm³/mol. The lowest BCUT2D eigenvalue weighted by molar-refractivity contribution is -0.153. The van der Waals surface area contributed by atoms with Gasteiger partial charge in [-0.2, -0.15) is 13.2 Å². The van der Waals surface area contributed by atoms with E-state index in [0.717, 1.165) is 0 Å². The van der Waals surface area contributed by atoms with Crippen LogP contribution in [0.4, 0.5) is 23.7 Å². The van der Waals surface area contributed by atoms with E-state index in [1.165, 1.54) is 24.3 Å². The second kappa shape index (κ2) is 10.1. The van der Waals surface area contributed by atoms with Gasteiger partial charge in [0.25, 0.3) is 0 Å². The average Bonchev–Trinajstić information content (AvgIpc) is 2.50. The summed E-state index contributed by atoms with van der Waals surface area (Å²) in [7, 11) is 0. The summed E-state index contributed by atoms with van der Waals surface area (Å²) in [6.45, 7) is 3.13. The van der Waals surface area contributed by atoms with Gasteiger partial charge in [0.1, 0.15) is 5.75 Å². The van der Waals surface area contributed by atoms with Gasteiger partial charge in [-0.3, -0.25) is 0 Å². The molecule has 0 aliphatic heterocycles. The van der Waals surface area contributed by atoms with E-state index in [-0.39, 0.29) is 24.6 Å². The van der Waals surface area contributed by atoms with Crippen molar-refractivity contribution in [3.8, 4) is 5.75 Å². The molecule has 1 aromatic carbocycles. The van der Waals surface area contributed by atoms with Gasteiger partial charge in [0.05, 0.1) is 12.7 Å². The summed E-state index contributed by atoms with van der Waals surface area (Å²) in [4.78, 5) is 11.7. The van der Waals surface area contributed by atoms with Crippen molar-refractivity contribution in [2.24, 2.45) is 5.92 Å². The van der Waals surface area contributed by atoms with Gasteiger partial charge in [-0.1, -0.05) is 19.9 Å². The number of ether oxygens (including phenoxy) is 2. The van der Waals surface area contributed by atoms with E-state index < -0.39 is 24.9 Å². The molecule has 1 rings (SSSR count). The first-order valence-corrected chi connectivity index (χ1v) is 7.76. The third-order valence-corrected chi connectivity index (χ3v) is 2.75. The number of anilines is 1. The molecule has 9 heteroatoms. The summed E-state index contributed by atoms with van der Waals surface area (Å²) in [5.41, 5.74) is 0.266. The quantitative estimate of drug-likeness (QED) is 0.630. The minimum atomic E-state index is -4.44. The van der Waals surface area contributed by atoms with Gasteiger partial charge >= 0.3 is 12.2 Å². The zero-order valence-corrected chi connectivity index (χ0v) is 14.1. The van der Waals surface area contributed by atoms with Gasteiger partial charge in [-0.05, 0) is 18.1 Å². The number of amides is 2. The Labute approximate surface area is 144 Å². The fourth-order valence-electron chi connectivity index (χ4n) is 1.71. The van der Waals surface area contributed by atoms with E-state index in [4.69, 9.17) is 4.74 Å². The monoisotopic (exact) mass is 364 g/mol. The Morgan fingerprint density at radius 2 is 2.00 bits per heavy atom. The smallest absolute Gasteiger partial charge is 0.422 e. The molecular formula is C16H23F3N2O4. The van der Waals surface area contributed by atoms with Crippen LogP contribution in [-0.2, 0) is 4.74 Å². The molecule has 0 saturated carbocycles. The highest BCUT2D eigenvalue weighted by molar-refractivity contribution is 5.89. The number of carbonyl (C=O) groups is 1. The molecule has 0 aliphatic rings. The largest absolute Gasteiger partial charge is 0.484 e. The Kier molecular flexibility index (Phi) is 8.50. The van der Waals surface area contributed by atoms with Crippen LogP contribution in [0.1, 0.15) is 13.8 Å². The molecule has 0 heterocycles. The van der Waals surface area contributed by atoms with E-state index in [2.05, 4.69) is 15.4 Å². The first-order chi connectivity index (χ1) is 11.7. The molecule has 0 radical (unpaired) electrons. The van der Waals surface area contributed by atoms with Crippen molar-refractivity contribution in [1.82, 2.24) is 5.32 Å². The van der Waals surface area contributed by atoms with Crippen LogP contribution in [0.15, 0.2) is 24.3 Å². The fourth-order valence-corrected chi connectivity index (χ4v) is 1.71. The zero-order chi connectivity index (χ0) is 18.9. The highest BCUT2D eigenvalue weighted by atomic mass is 19.4. The molecule has 142 valence electrons. The number of carbonyl (C=O) groups excluding carboxylic acids is 1. The number of aliphatic hydroxyl groups excluding tert-OH is 1. The van der Waals surface area contributed by atoms with Crippen molar-refractivity contribution < 1.29 is 32.5 Å². The molecule has 25 heavy (non-hydrogen) atoms. The Balaban J connectivity index is 2.36. The first kappa shape index (κ1) is 21.0. The van der Waals surface area contributed by atoms with E-state index in [1.54, 1.807) is 0 Å². The molecule has 0 bridgehead atoms. The molecular weight excluding hydrogens is 341 g/mol. The van der Waals surface area contributed by atoms with Crippen LogP contribution in [0.5, 0.6) is 5.75 Å². The molecule has 1 unspecified atom stereocenters. The highest BCUT2D eigenvalue weighted by Crippen LogP contribution is 2.21. The van der Waals surface area contributed by atoms with E-state index in [0.29, 0.717) is 12.5 Å². The minimum Gasteiger partial charge on any atom is -0.484 e. The number of urea groups is 1. The molecule has 0 spiro atoms. The van der Waals surface area contributed by atoms with E-state index in [9.17, 15) is 23.1 Å². The van der Waals surface area contributed by atoms with Crippen LogP contribution in [0.25, 0.3) is 0 Å². The van der Waals surface area contributed by atoms with Crippen molar-refractivity contribution in [2.75, 3.05) is 31.7 Å². The van der Waals surface area contributed by atoms with Crippen LogP contribution in [-0.4, -0.2) is 49.8 Å². The maximum absolute atomic E-state index is 12.1. The third kappa shape index (κ3) is 10.5. The van der Waals surface area contributed by atoms with Gasteiger partial charge in [0.15, 0.2) is 6.61 Å². The van der Waals surface area contributed by atoms with Crippen LogP contribution >= 0.6 is 0 Å². The highest BCUT2D eigenvalue weighted by Gasteiger charge is 2.28. The average molecular weight is 364 g/mol. The van der Waals surface area contributed by atoms with Gasteiger partial charge in [-0.25, -0.2) is 4.79 Å². The summed E-state index contributed by atoms with van der Waals surface area (Å²) in [6, 6.07) is 4.98. The molecule has 3 N–H and O–H groups in total. The minimum absolute atomic E-state index is 0.0164. The standard InChI is InChI=1S/C16H23F3N2O4/c1-11(2)8-24-9-13(22)7-20-15(23)21-12-4-3-5-14(6-12)25-10-16(17,18)19/h3-6,11,13,22H,7-10H2,1-2H3,(H2,20,21,23). The first-order valence-electron chi connectivity index (χ1n) is 7.76. The maximum Gasteiger partial charge on any atom is 0.422 e. The topological polar surface area (TPSA) is 79.8 Å². The Hall–Kier alpha value is -2.00. The number of alkyl halides is 3. The Morgan fingerprint density at radius 1 is 1.28 bits per heavy atom. The van der Waals surface area contributed by atoms with Crippen LogP contribution < -0.4 is 15.4 Å². The van der Waals surface area contributed by atoms with Crippen LogP contribution in [0.2, 0.25) is 0 Å². The van der Waals surface area contributed by atoms with Crippen molar-refractivity contribution in [2.45, 2.75) is 26.1 Å². The van der Waals surface area contributed by atoms with E-state index in [1.807, 2.05) is 13.8 Å². The molecule has 6 nitrogen and oxygen atoms in total. The second-order valence-corrected chi connectivity index (χ2v) is 5.85. The summed E-state index contributed by atoms with van der Waals surface area (Å²) in [5.74, 6) is 0.326.